The molecule has 0 nitrogen and oxygen atoms in total. The van der Waals surface area contributed by atoms with Gasteiger partial charge in [-0.1, -0.05) is 103 Å². The van der Waals surface area contributed by atoms with Gasteiger partial charge in [0.2, 0.25) is 0 Å². The maximum Gasteiger partial charge on any atom is 0.0355 e. The van der Waals surface area contributed by atoms with Crippen molar-refractivity contribution in [1.29, 1.82) is 0 Å². The maximum absolute atomic E-state index is 3.98. The third-order valence-electron chi connectivity index (χ3n) is 7.72. The first-order valence-electron chi connectivity index (χ1n) is 12.8. The zero-order chi connectivity index (χ0) is 25.2. The number of fused-ring (bicyclic) bond motifs is 6. The Balaban J connectivity index is 1.48. The van der Waals surface area contributed by atoms with E-state index in [0.29, 0.717) is 0 Å². The van der Waals surface area contributed by atoms with E-state index in [1.54, 1.807) is 0 Å². The molecule has 0 aliphatic carbocycles. The average molecular weight is 566 g/mol. The van der Waals surface area contributed by atoms with E-state index in [1.165, 1.54) is 74.7 Å². The molecule has 7 aromatic carbocycles. The molecule has 8 aromatic rings. The zero-order valence-corrected chi connectivity index (χ0v) is 22.8. The van der Waals surface area contributed by atoms with Crippen LogP contribution < -0.4 is 0 Å². The summed E-state index contributed by atoms with van der Waals surface area (Å²) in [6.45, 7) is 0. The first kappa shape index (κ1) is 22.0. The highest BCUT2D eigenvalue weighted by atomic mass is 79.9. The molecule has 178 valence electrons. The molecule has 0 bridgehead atoms. The normalized spacial score (nSPS) is 11.8. The second kappa shape index (κ2) is 8.52. The first-order valence-corrected chi connectivity index (χ1v) is 14.4. The topological polar surface area (TPSA) is 0 Å². The van der Waals surface area contributed by atoms with E-state index in [-0.39, 0.29) is 0 Å². The lowest BCUT2D eigenvalue weighted by Gasteiger charge is -2.16. The highest BCUT2D eigenvalue weighted by Crippen LogP contribution is 2.45. The van der Waals surface area contributed by atoms with Gasteiger partial charge in [-0.3, -0.25) is 0 Å². The average Bonchev–Trinajstić information content (AvgIpc) is 3.35. The van der Waals surface area contributed by atoms with Crippen molar-refractivity contribution in [1.82, 2.24) is 0 Å². The van der Waals surface area contributed by atoms with Gasteiger partial charge in [-0.05, 0) is 94.8 Å². The number of rotatable bonds is 2. The highest BCUT2D eigenvalue weighted by molar-refractivity contribution is 9.10. The lowest BCUT2D eigenvalue weighted by molar-refractivity contribution is 1.67. The fraction of sp³-hybridized carbons (Fsp3) is 0. The third kappa shape index (κ3) is 3.27. The van der Waals surface area contributed by atoms with Crippen molar-refractivity contribution in [2.75, 3.05) is 0 Å². The summed E-state index contributed by atoms with van der Waals surface area (Å²) in [5.74, 6) is 0. The largest absolute Gasteiger partial charge is 0.135 e. The van der Waals surface area contributed by atoms with Gasteiger partial charge in [0.15, 0.2) is 0 Å². The molecule has 0 fully saturated rings. The molecule has 8 rings (SSSR count). The monoisotopic (exact) mass is 564 g/mol. The van der Waals surface area contributed by atoms with Crippen LogP contribution in [0.25, 0.3) is 74.7 Å². The van der Waals surface area contributed by atoms with E-state index in [9.17, 15) is 0 Å². The van der Waals surface area contributed by atoms with Crippen LogP contribution in [0.1, 0.15) is 0 Å². The zero-order valence-electron chi connectivity index (χ0n) is 20.4. The molecule has 2 heteroatoms. The van der Waals surface area contributed by atoms with Crippen LogP contribution in [0.2, 0.25) is 0 Å². The van der Waals surface area contributed by atoms with Crippen molar-refractivity contribution in [3.8, 4) is 22.3 Å². The number of halogens is 1. The third-order valence-corrected chi connectivity index (χ3v) is 9.73. The molecule has 1 heterocycles. The molecule has 0 amide bonds. The second-order valence-electron chi connectivity index (χ2n) is 9.83. The fourth-order valence-electron chi connectivity index (χ4n) is 5.96. The van der Waals surface area contributed by atoms with Crippen LogP contribution in [0.4, 0.5) is 0 Å². The molecule has 1 aromatic heterocycles. The summed E-state index contributed by atoms with van der Waals surface area (Å²) < 4.78 is 3.82. The van der Waals surface area contributed by atoms with Gasteiger partial charge in [0.1, 0.15) is 0 Å². The summed E-state index contributed by atoms with van der Waals surface area (Å²) in [5, 5.41) is 10.2. The molecule has 0 spiro atoms. The number of benzene rings is 7. The van der Waals surface area contributed by atoms with Gasteiger partial charge in [0.05, 0.1) is 0 Å². The number of hydrogen-bond donors (Lipinski definition) is 0. The van der Waals surface area contributed by atoms with E-state index in [4.69, 9.17) is 0 Å². The van der Waals surface area contributed by atoms with Gasteiger partial charge >= 0.3 is 0 Å². The molecular formula is C36H21BrS. The van der Waals surface area contributed by atoms with Gasteiger partial charge in [0, 0.05) is 24.6 Å². The van der Waals surface area contributed by atoms with Crippen LogP contribution in [-0.4, -0.2) is 0 Å². The predicted octanol–water partition coefficient (Wildman–Crippen LogP) is 11.6. The Labute approximate surface area is 232 Å². The summed E-state index contributed by atoms with van der Waals surface area (Å²) in [5.41, 5.74) is 5.04. The molecule has 0 saturated heterocycles. The fourth-order valence-corrected chi connectivity index (χ4v) is 7.74. The van der Waals surface area contributed by atoms with Crippen molar-refractivity contribution in [3.05, 3.63) is 132 Å². The summed E-state index contributed by atoms with van der Waals surface area (Å²) >= 11 is 5.85. The second-order valence-corrected chi connectivity index (χ2v) is 11.7. The SMILES string of the molecule is Brc1c2ccccc2c(-c2ccc3sc4ccccc4c3c2)c2cc(-c3cccc4ccccc34)ccc12. The van der Waals surface area contributed by atoms with Crippen LogP contribution in [0.5, 0.6) is 0 Å². The minimum absolute atomic E-state index is 1.15. The van der Waals surface area contributed by atoms with Crippen LogP contribution in [0.15, 0.2) is 132 Å². The van der Waals surface area contributed by atoms with E-state index >= 15 is 0 Å². The van der Waals surface area contributed by atoms with Crippen LogP contribution >= 0.6 is 27.3 Å². The molecule has 0 saturated carbocycles. The maximum atomic E-state index is 3.98. The van der Waals surface area contributed by atoms with Crippen LogP contribution in [0, 0.1) is 0 Å². The lowest BCUT2D eigenvalue weighted by Crippen LogP contribution is -1.89. The summed E-state index contributed by atoms with van der Waals surface area (Å²) in [6.07, 6.45) is 0. The van der Waals surface area contributed by atoms with Crippen molar-refractivity contribution in [2.45, 2.75) is 0 Å². The lowest BCUT2D eigenvalue weighted by atomic mass is 9.89. The highest BCUT2D eigenvalue weighted by Gasteiger charge is 2.17. The van der Waals surface area contributed by atoms with E-state index in [2.05, 4.69) is 143 Å². The Bertz CT molecular complexity index is 2200. The van der Waals surface area contributed by atoms with Gasteiger partial charge in [-0.15, -0.1) is 11.3 Å². The van der Waals surface area contributed by atoms with Gasteiger partial charge < -0.3 is 0 Å². The standard InChI is InChI=1S/C36H21BrS/c37-36-29-13-4-3-12-28(29)35(24-17-19-34-31(21-24)27-11-5-6-15-33(27)38-34)32-20-23(16-18-30(32)36)26-14-7-9-22-8-1-2-10-25(22)26/h1-21H. The predicted molar refractivity (Wildman–Crippen MR) is 170 cm³/mol. The van der Waals surface area contributed by atoms with Crippen molar-refractivity contribution in [3.63, 3.8) is 0 Å². The van der Waals surface area contributed by atoms with E-state index in [0.717, 1.165) is 4.47 Å². The van der Waals surface area contributed by atoms with Gasteiger partial charge in [0.25, 0.3) is 0 Å². The van der Waals surface area contributed by atoms with Crippen molar-refractivity contribution < 1.29 is 0 Å². The molecular weight excluding hydrogens is 544 g/mol. The number of hydrogen-bond acceptors (Lipinski definition) is 1. The summed E-state index contributed by atoms with van der Waals surface area (Å²) in [6, 6.07) is 46.7. The molecule has 0 aliphatic rings. The van der Waals surface area contributed by atoms with Crippen LogP contribution in [-0.2, 0) is 0 Å². The Hall–Kier alpha value is -3.98. The Morgan fingerprint density at radius 2 is 1.05 bits per heavy atom. The van der Waals surface area contributed by atoms with E-state index in [1.807, 2.05) is 11.3 Å². The minimum atomic E-state index is 1.15. The van der Waals surface area contributed by atoms with Gasteiger partial charge in [-0.25, -0.2) is 0 Å². The summed E-state index contributed by atoms with van der Waals surface area (Å²) in [4.78, 5) is 0. The van der Waals surface area contributed by atoms with E-state index < -0.39 is 0 Å². The Morgan fingerprint density at radius 3 is 1.95 bits per heavy atom. The molecule has 0 atom stereocenters. The Morgan fingerprint density at radius 1 is 0.421 bits per heavy atom. The van der Waals surface area contributed by atoms with Gasteiger partial charge in [-0.2, -0.15) is 0 Å². The molecule has 0 aliphatic heterocycles. The van der Waals surface area contributed by atoms with Crippen LogP contribution in [0.3, 0.4) is 0 Å². The molecule has 0 N–H and O–H groups in total. The smallest absolute Gasteiger partial charge is 0.0355 e. The van der Waals surface area contributed by atoms with Crippen molar-refractivity contribution in [2.24, 2.45) is 0 Å². The molecule has 0 unspecified atom stereocenters. The molecule has 38 heavy (non-hydrogen) atoms. The Kier molecular flexibility index (Phi) is 4.95. The summed E-state index contributed by atoms with van der Waals surface area (Å²) in [7, 11) is 0. The number of thiophene rings is 1. The first-order chi connectivity index (χ1) is 18.8. The minimum Gasteiger partial charge on any atom is -0.135 e. The van der Waals surface area contributed by atoms with Crippen molar-refractivity contribution >= 4 is 79.8 Å². The quantitative estimate of drug-likeness (QED) is 0.183. The molecule has 0 radical (unpaired) electrons.